The fourth-order valence-corrected chi connectivity index (χ4v) is 3.28. The summed E-state index contributed by atoms with van der Waals surface area (Å²) in [5.74, 6) is 1.02. The van der Waals surface area contributed by atoms with Crippen LogP contribution >= 0.6 is 0 Å². The molecule has 0 bridgehead atoms. The molecule has 19 heavy (non-hydrogen) atoms. The summed E-state index contributed by atoms with van der Waals surface area (Å²) in [7, 11) is 0. The molecule has 1 unspecified atom stereocenters. The van der Waals surface area contributed by atoms with Gasteiger partial charge in [-0.3, -0.25) is 4.90 Å². The molecule has 106 valence electrons. The van der Waals surface area contributed by atoms with Crippen molar-refractivity contribution in [3.8, 4) is 0 Å². The lowest BCUT2D eigenvalue weighted by Gasteiger charge is -2.23. The Bertz CT molecular complexity index is 359. The summed E-state index contributed by atoms with van der Waals surface area (Å²) in [5, 5.41) is 3.45. The number of hydrogen-bond acceptors (Lipinski definition) is 4. The predicted molar refractivity (Wildman–Crippen MR) is 76.1 cm³/mol. The molecule has 4 heteroatoms. The minimum absolute atomic E-state index is 0.826. The van der Waals surface area contributed by atoms with E-state index in [1.165, 1.54) is 45.4 Å². The molecule has 3 rings (SSSR count). The minimum Gasteiger partial charge on any atom is -0.468 e. The average Bonchev–Trinajstić information content (AvgIpc) is 3.15. The summed E-state index contributed by atoms with van der Waals surface area (Å²) in [5.41, 5.74) is 0. The molecule has 2 aliphatic rings. The maximum absolute atomic E-state index is 5.31. The van der Waals surface area contributed by atoms with Crippen molar-refractivity contribution in [3.05, 3.63) is 24.2 Å². The Labute approximate surface area is 115 Å². The molecular formula is C15H25N3O. The fraction of sp³-hybridized carbons (Fsp3) is 0.733. The minimum atomic E-state index is 0.826. The van der Waals surface area contributed by atoms with Crippen molar-refractivity contribution in [2.24, 2.45) is 0 Å². The molecule has 3 heterocycles. The highest BCUT2D eigenvalue weighted by Gasteiger charge is 2.28. The van der Waals surface area contributed by atoms with Gasteiger partial charge in [0.05, 0.1) is 12.8 Å². The molecule has 1 aromatic heterocycles. The van der Waals surface area contributed by atoms with Crippen LogP contribution in [0.1, 0.15) is 25.0 Å². The lowest BCUT2D eigenvalue weighted by Crippen LogP contribution is -2.37. The predicted octanol–water partition coefficient (Wildman–Crippen LogP) is 1.54. The van der Waals surface area contributed by atoms with Gasteiger partial charge in [-0.2, -0.15) is 0 Å². The third-order valence-corrected chi connectivity index (χ3v) is 4.39. The van der Waals surface area contributed by atoms with Crippen LogP contribution in [0.25, 0.3) is 0 Å². The van der Waals surface area contributed by atoms with E-state index in [4.69, 9.17) is 4.42 Å². The van der Waals surface area contributed by atoms with Crippen LogP contribution in [0, 0.1) is 0 Å². The van der Waals surface area contributed by atoms with Crippen molar-refractivity contribution >= 4 is 0 Å². The molecular weight excluding hydrogens is 238 g/mol. The van der Waals surface area contributed by atoms with Gasteiger partial charge >= 0.3 is 0 Å². The van der Waals surface area contributed by atoms with E-state index in [2.05, 4.69) is 15.1 Å². The van der Waals surface area contributed by atoms with E-state index in [1.807, 2.05) is 12.1 Å². The number of hydrogen-bond donors (Lipinski definition) is 1. The van der Waals surface area contributed by atoms with Crippen molar-refractivity contribution < 1.29 is 4.42 Å². The van der Waals surface area contributed by atoms with Crippen molar-refractivity contribution in [2.45, 2.75) is 31.8 Å². The van der Waals surface area contributed by atoms with E-state index in [0.29, 0.717) is 0 Å². The molecule has 0 aliphatic carbocycles. The van der Waals surface area contributed by atoms with Crippen LogP contribution in [0.4, 0.5) is 0 Å². The highest BCUT2D eigenvalue weighted by atomic mass is 16.3. The van der Waals surface area contributed by atoms with Crippen molar-refractivity contribution in [1.29, 1.82) is 0 Å². The van der Waals surface area contributed by atoms with Crippen LogP contribution in [0.15, 0.2) is 22.8 Å². The zero-order valence-electron chi connectivity index (χ0n) is 11.7. The summed E-state index contributed by atoms with van der Waals surface area (Å²) in [6, 6.07) is 4.79. The second-order valence-corrected chi connectivity index (χ2v) is 5.74. The van der Waals surface area contributed by atoms with E-state index >= 15 is 0 Å². The molecule has 2 saturated heterocycles. The molecule has 0 aromatic carbocycles. The molecule has 4 nitrogen and oxygen atoms in total. The second kappa shape index (κ2) is 6.55. The second-order valence-electron chi connectivity index (χ2n) is 5.74. The van der Waals surface area contributed by atoms with Gasteiger partial charge in [-0.05, 0) is 51.0 Å². The lowest BCUT2D eigenvalue weighted by molar-refractivity contribution is 0.232. The Morgan fingerprint density at radius 2 is 2.16 bits per heavy atom. The van der Waals surface area contributed by atoms with Crippen molar-refractivity contribution in [2.75, 3.05) is 39.3 Å². The Hall–Kier alpha value is -0.840. The molecule has 0 spiro atoms. The molecule has 0 amide bonds. The standard InChI is InChI=1S/C15H25N3O/c1-2-8-18(7-1)14-5-9-17(13-14)10-6-16-12-15-4-3-11-19-15/h3-4,11,14,16H,1-2,5-10,12-13H2. The molecule has 2 fully saturated rings. The summed E-state index contributed by atoms with van der Waals surface area (Å²) < 4.78 is 5.31. The van der Waals surface area contributed by atoms with Crippen LogP contribution in [-0.2, 0) is 6.54 Å². The van der Waals surface area contributed by atoms with Gasteiger partial charge < -0.3 is 14.6 Å². The van der Waals surface area contributed by atoms with E-state index in [1.54, 1.807) is 6.26 Å². The Morgan fingerprint density at radius 1 is 1.26 bits per heavy atom. The van der Waals surface area contributed by atoms with E-state index in [-0.39, 0.29) is 0 Å². The first-order valence-corrected chi connectivity index (χ1v) is 7.61. The van der Waals surface area contributed by atoms with Crippen molar-refractivity contribution in [1.82, 2.24) is 15.1 Å². The highest BCUT2D eigenvalue weighted by molar-refractivity contribution is 4.97. The Balaban J connectivity index is 1.31. The number of nitrogens with one attached hydrogen (secondary N) is 1. The zero-order chi connectivity index (χ0) is 12.9. The molecule has 1 atom stereocenters. The number of rotatable bonds is 6. The van der Waals surface area contributed by atoms with E-state index < -0.39 is 0 Å². The molecule has 1 N–H and O–H groups in total. The van der Waals surface area contributed by atoms with Gasteiger partial charge in [-0.1, -0.05) is 0 Å². The molecule has 2 aliphatic heterocycles. The molecule has 0 saturated carbocycles. The quantitative estimate of drug-likeness (QED) is 0.789. The van der Waals surface area contributed by atoms with E-state index in [9.17, 15) is 0 Å². The Morgan fingerprint density at radius 3 is 2.95 bits per heavy atom. The van der Waals surface area contributed by atoms with E-state index in [0.717, 1.165) is 31.4 Å². The van der Waals surface area contributed by atoms with Crippen LogP contribution in [0.5, 0.6) is 0 Å². The topological polar surface area (TPSA) is 31.7 Å². The largest absolute Gasteiger partial charge is 0.468 e. The number of furan rings is 1. The first-order valence-electron chi connectivity index (χ1n) is 7.61. The summed E-state index contributed by atoms with van der Waals surface area (Å²) >= 11 is 0. The van der Waals surface area contributed by atoms with Gasteiger partial charge in [0.1, 0.15) is 5.76 Å². The van der Waals surface area contributed by atoms with Crippen LogP contribution in [0.3, 0.4) is 0 Å². The fourth-order valence-electron chi connectivity index (χ4n) is 3.28. The monoisotopic (exact) mass is 263 g/mol. The van der Waals surface area contributed by atoms with Crippen LogP contribution < -0.4 is 5.32 Å². The smallest absolute Gasteiger partial charge is 0.117 e. The summed E-state index contributed by atoms with van der Waals surface area (Å²) in [6.07, 6.45) is 5.90. The SMILES string of the molecule is c1coc(CNCCN2CCC(N3CCCC3)C2)c1. The first kappa shape index (κ1) is 13.2. The van der Waals surface area contributed by atoms with Gasteiger partial charge in [-0.15, -0.1) is 0 Å². The Kier molecular flexibility index (Phi) is 4.53. The number of nitrogens with zero attached hydrogens (tertiary/aromatic N) is 2. The van der Waals surface area contributed by atoms with Gasteiger partial charge in [-0.25, -0.2) is 0 Å². The normalized spacial score (nSPS) is 25.4. The molecule has 1 aromatic rings. The van der Waals surface area contributed by atoms with Crippen molar-refractivity contribution in [3.63, 3.8) is 0 Å². The van der Waals surface area contributed by atoms with Crippen LogP contribution in [0.2, 0.25) is 0 Å². The molecule has 0 radical (unpaired) electrons. The van der Waals surface area contributed by atoms with Gasteiger partial charge in [0.15, 0.2) is 0 Å². The first-order chi connectivity index (χ1) is 9.42. The van der Waals surface area contributed by atoms with Gasteiger partial charge in [0.2, 0.25) is 0 Å². The van der Waals surface area contributed by atoms with Gasteiger partial charge in [0.25, 0.3) is 0 Å². The summed E-state index contributed by atoms with van der Waals surface area (Å²) in [4.78, 5) is 5.29. The average molecular weight is 263 g/mol. The third kappa shape index (κ3) is 3.59. The third-order valence-electron chi connectivity index (χ3n) is 4.39. The maximum Gasteiger partial charge on any atom is 0.117 e. The highest BCUT2D eigenvalue weighted by Crippen LogP contribution is 2.19. The van der Waals surface area contributed by atoms with Gasteiger partial charge in [0, 0.05) is 25.7 Å². The number of likely N-dealkylation sites (tertiary alicyclic amines) is 2. The zero-order valence-corrected chi connectivity index (χ0v) is 11.7. The lowest BCUT2D eigenvalue weighted by atomic mass is 10.2. The van der Waals surface area contributed by atoms with Crippen LogP contribution in [-0.4, -0.2) is 55.1 Å². The summed E-state index contributed by atoms with van der Waals surface area (Å²) in [6.45, 7) is 8.24. The maximum atomic E-state index is 5.31.